The Labute approximate surface area is 94.3 Å². The summed E-state index contributed by atoms with van der Waals surface area (Å²) in [5.41, 5.74) is 1.09. The van der Waals surface area contributed by atoms with Crippen LogP contribution in [-0.4, -0.2) is 23.7 Å². The monoisotopic (exact) mass is 218 g/mol. The normalized spacial score (nSPS) is 13.3. The SMILES string of the molecule is CC(N=NCC=Cc1ccccc1)C(=O)O. The molecule has 0 bridgehead atoms. The molecule has 0 aliphatic carbocycles. The van der Waals surface area contributed by atoms with E-state index in [4.69, 9.17) is 5.11 Å². The molecular weight excluding hydrogens is 204 g/mol. The van der Waals surface area contributed by atoms with Crippen LogP contribution < -0.4 is 0 Å². The number of azo groups is 1. The fourth-order valence-corrected chi connectivity index (χ4v) is 1.02. The lowest BCUT2D eigenvalue weighted by Gasteiger charge is -1.94. The fraction of sp³-hybridized carbons (Fsp3) is 0.250. The second kappa shape index (κ2) is 6.50. The van der Waals surface area contributed by atoms with Crippen molar-refractivity contribution in [3.8, 4) is 0 Å². The Morgan fingerprint density at radius 1 is 1.44 bits per heavy atom. The minimum absolute atomic E-state index is 0.395. The van der Waals surface area contributed by atoms with Crippen molar-refractivity contribution in [3.63, 3.8) is 0 Å². The largest absolute Gasteiger partial charge is 0.480 e. The number of carbonyl (C=O) groups is 1. The molecule has 0 aliphatic rings. The lowest BCUT2D eigenvalue weighted by molar-refractivity contribution is -0.138. The van der Waals surface area contributed by atoms with E-state index < -0.39 is 12.0 Å². The maximum Gasteiger partial charge on any atom is 0.330 e. The van der Waals surface area contributed by atoms with Gasteiger partial charge in [-0.2, -0.15) is 10.2 Å². The molecular formula is C12H14N2O2. The predicted octanol–water partition coefficient (Wildman–Crippen LogP) is 2.63. The van der Waals surface area contributed by atoms with E-state index in [-0.39, 0.29) is 0 Å². The smallest absolute Gasteiger partial charge is 0.330 e. The zero-order valence-corrected chi connectivity index (χ0v) is 9.08. The molecule has 16 heavy (non-hydrogen) atoms. The lowest BCUT2D eigenvalue weighted by Crippen LogP contribution is -2.12. The van der Waals surface area contributed by atoms with Crippen molar-refractivity contribution in [2.24, 2.45) is 10.2 Å². The highest BCUT2D eigenvalue weighted by Crippen LogP contribution is 2.00. The molecule has 0 amide bonds. The van der Waals surface area contributed by atoms with E-state index in [1.807, 2.05) is 42.5 Å². The standard InChI is InChI=1S/C12H14N2O2/c1-10(12(15)16)14-13-9-5-8-11-6-3-2-4-7-11/h2-8,10H,9H2,1H3,(H,15,16). The number of nitrogens with zero attached hydrogens (tertiary/aromatic N) is 2. The third-order valence-corrected chi connectivity index (χ3v) is 1.91. The molecule has 1 aromatic rings. The van der Waals surface area contributed by atoms with Gasteiger partial charge in [-0.1, -0.05) is 42.5 Å². The van der Waals surface area contributed by atoms with E-state index in [2.05, 4.69) is 10.2 Å². The molecule has 0 heterocycles. The topological polar surface area (TPSA) is 62.0 Å². The highest BCUT2D eigenvalue weighted by Gasteiger charge is 2.06. The van der Waals surface area contributed by atoms with Crippen molar-refractivity contribution in [1.82, 2.24) is 0 Å². The Bertz CT molecular complexity index is 385. The maximum absolute atomic E-state index is 10.4. The molecule has 4 heteroatoms. The average molecular weight is 218 g/mol. The molecule has 0 spiro atoms. The molecule has 1 unspecified atom stereocenters. The molecule has 0 aromatic heterocycles. The maximum atomic E-state index is 10.4. The van der Waals surface area contributed by atoms with E-state index in [0.29, 0.717) is 6.54 Å². The van der Waals surface area contributed by atoms with Crippen molar-refractivity contribution in [1.29, 1.82) is 0 Å². The molecule has 0 aliphatic heterocycles. The minimum Gasteiger partial charge on any atom is -0.480 e. The molecule has 84 valence electrons. The van der Waals surface area contributed by atoms with Gasteiger partial charge in [0.1, 0.15) is 0 Å². The van der Waals surface area contributed by atoms with E-state index in [1.165, 1.54) is 6.92 Å². The van der Waals surface area contributed by atoms with Crippen LogP contribution in [-0.2, 0) is 4.79 Å². The van der Waals surface area contributed by atoms with Gasteiger partial charge in [0.15, 0.2) is 6.04 Å². The van der Waals surface area contributed by atoms with Gasteiger partial charge in [0.25, 0.3) is 0 Å². The molecule has 1 rings (SSSR count). The van der Waals surface area contributed by atoms with Gasteiger partial charge in [-0.05, 0) is 12.5 Å². The second-order valence-electron chi connectivity index (χ2n) is 3.27. The van der Waals surface area contributed by atoms with Crippen molar-refractivity contribution in [3.05, 3.63) is 42.0 Å². The Morgan fingerprint density at radius 3 is 2.75 bits per heavy atom. The fourth-order valence-electron chi connectivity index (χ4n) is 1.02. The average Bonchev–Trinajstić information content (AvgIpc) is 2.29. The molecule has 0 fully saturated rings. The summed E-state index contributed by atoms with van der Waals surface area (Å²) < 4.78 is 0. The van der Waals surface area contributed by atoms with Gasteiger partial charge in [0.2, 0.25) is 0 Å². The van der Waals surface area contributed by atoms with Crippen molar-refractivity contribution >= 4 is 12.0 Å². The molecule has 1 N–H and O–H groups in total. The molecule has 1 atom stereocenters. The van der Waals surface area contributed by atoms with Crippen LogP contribution in [0.3, 0.4) is 0 Å². The summed E-state index contributed by atoms with van der Waals surface area (Å²) in [4.78, 5) is 10.4. The van der Waals surface area contributed by atoms with E-state index in [1.54, 1.807) is 0 Å². The number of carboxylic acid groups (broad SMARTS) is 1. The summed E-state index contributed by atoms with van der Waals surface area (Å²) in [5, 5.41) is 15.9. The number of carboxylic acids is 1. The summed E-state index contributed by atoms with van der Waals surface area (Å²) in [6.07, 6.45) is 3.76. The van der Waals surface area contributed by atoms with E-state index in [0.717, 1.165) is 5.56 Å². The van der Waals surface area contributed by atoms with Crippen LogP contribution in [0.15, 0.2) is 46.6 Å². The summed E-state index contributed by atoms with van der Waals surface area (Å²) in [5.74, 6) is -0.962. The Kier molecular flexibility index (Phi) is 4.92. The third-order valence-electron chi connectivity index (χ3n) is 1.91. The van der Waals surface area contributed by atoms with Crippen molar-refractivity contribution < 1.29 is 9.90 Å². The van der Waals surface area contributed by atoms with Crippen LogP contribution in [0.5, 0.6) is 0 Å². The van der Waals surface area contributed by atoms with Gasteiger partial charge in [0, 0.05) is 0 Å². The summed E-state index contributed by atoms with van der Waals surface area (Å²) >= 11 is 0. The van der Waals surface area contributed by atoms with E-state index in [9.17, 15) is 4.79 Å². The Balaban J connectivity index is 2.36. The third kappa shape index (κ3) is 4.50. The van der Waals surface area contributed by atoms with Crippen LogP contribution in [0.4, 0.5) is 0 Å². The minimum atomic E-state index is -0.962. The van der Waals surface area contributed by atoms with Crippen LogP contribution in [0, 0.1) is 0 Å². The van der Waals surface area contributed by atoms with Crippen LogP contribution in [0.25, 0.3) is 6.08 Å². The second-order valence-corrected chi connectivity index (χ2v) is 3.27. The first kappa shape index (κ1) is 12.1. The van der Waals surface area contributed by atoms with Crippen molar-refractivity contribution in [2.45, 2.75) is 13.0 Å². The van der Waals surface area contributed by atoms with Gasteiger partial charge < -0.3 is 5.11 Å². The number of hydrogen-bond donors (Lipinski definition) is 1. The first-order valence-corrected chi connectivity index (χ1v) is 5.01. The van der Waals surface area contributed by atoms with Gasteiger partial charge >= 0.3 is 5.97 Å². The number of benzene rings is 1. The van der Waals surface area contributed by atoms with Crippen molar-refractivity contribution in [2.75, 3.05) is 6.54 Å². The molecule has 0 saturated carbocycles. The Hall–Kier alpha value is -1.97. The summed E-state index contributed by atoms with van der Waals surface area (Å²) in [7, 11) is 0. The summed E-state index contributed by atoms with van der Waals surface area (Å²) in [6.45, 7) is 1.89. The lowest BCUT2D eigenvalue weighted by atomic mass is 10.2. The first-order valence-electron chi connectivity index (χ1n) is 5.01. The molecule has 0 radical (unpaired) electrons. The van der Waals surface area contributed by atoms with Crippen LogP contribution in [0.2, 0.25) is 0 Å². The van der Waals surface area contributed by atoms with E-state index >= 15 is 0 Å². The van der Waals surface area contributed by atoms with Gasteiger partial charge in [-0.3, -0.25) is 0 Å². The van der Waals surface area contributed by atoms with Gasteiger partial charge in [0.05, 0.1) is 6.54 Å². The quantitative estimate of drug-likeness (QED) is 0.772. The zero-order valence-electron chi connectivity index (χ0n) is 9.08. The van der Waals surface area contributed by atoms with Crippen LogP contribution >= 0.6 is 0 Å². The molecule has 0 saturated heterocycles. The van der Waals surface area contributed by atoms with Crippen LogP contribution in [0.1, 0.15) is 12.5 Å². The van der Waals surface area contributed by atoms with Gasteiger partial charge in [-0.25, -0.2) is 4.79 Å². The highest BCUT2D eigenvalue weighted by atomic mass is 16.4. The van der Waals surface area contributed by atoms with Gasteiger partial charge in [-0.15, -0.1) is 0 Å². The Morgan fingerprint density at radius 2 is 2.12 bits per heavy atom. The molecule has 4 nitrogen and oxygen atoms in total. The number of aliphatic carboxylic acids is 1. The molecule has 1 aromatic carbocycles. The number of rotatable bonds is 5. The zero-order chi connectivity index (χ0) is 11.8. The predicted molar refractivity (Wildman–Crippen MR) is 62.3 cm³/mol. The highest BCUT2D eigenvalue weighted by molar-refractivity contribution is 5.72. The first-order chi connectivity index (χ1) is 7.70. The summed E-state index contributed by atoms with van der Waals surface area (Å²) in [6, 6.07) is 9.04. The number of hydrogen-bond acceptors (Lipinski definition) is 3.